The number of carbonyl (C=O) groups excluding carboxylic acids is 1. The smallest absolute Gasteiger partial charge is 0.339 e. The summed E-state index contributed by atoms with van der Waals surface area (Å²) in [6.45, 7) is 8.42. The van der Waals surface area contributed by atoms with Gasteiger partial charge in [0.2, 0.25) is 0 Å². The van der Waals surface area contributed by atoms with E-state index in [1.165, 1.54) is 0 Å². The van der Waals surface area contributed by atoms with Crippen molar-refractivity contribution in [3.05, 3.63) is 39.2 Å². The first-order valence-electron chi connectivity index (χ1n) is 10.9. The number of ether oxygens (including phenoxy) is 1. The molecule has 1 aromatic carbocycles. The minimum absolute atomic E-state index is 0.0657. The number of piperidine rings is 1. The molecular formula is C24H31NO5. The minimum atomic E-state index is -0.670. The summed E-state index contributed by atoms with van der Waals surface area (Å²) in [6.07, 6.45) is 3.94. The normalized spacial score (nSPS) is 25.1. The van der Waals surface area contributed by atoms with Gasteiger partial charge in [0.25, 0.3) is 5.91 Å². The Labute approximate surface area is 176 Å². The SMILES string of the molecule is Cc1cc(O[C@@H](C)C(=O)N2CC[C@]3(O)CCCC[C@@H]3C2)c2c(C)c(C)c(=O)oc2c1. The second-order valence-corrected chi connectivity index (χ2v) is 9.12. The fourth-order valence-electron chi connectivity index (χ4n) is 5.05. The van der Waals surface area contributed by atoms with Gasteiger partial charge in [0, 0.05) is 24.6 Å². The first-order chi connectivity index (χ1) is 14.2. The Balaban J connectivity index is 1.57. The summed E-state index contributed by atoms with van der Waals surface area (Å²) in [6, 6.07) is 3.70. The fourth-order valence-corrected chi connectivity index (χ4v) is 5.05. The number of nitrogens with zero attached hydrogens (tertiary/aromatic N) is 1. The predicted octanol–water partition coefficient (Wildman–Crippen LogP) is 3.64. The lowest BCUT2D eigenvalue weighted by atomic mass is 9.71. The molecule has 4 rings (SSSR count). The van der Waals surface area contributed by atoms with Crippen LogP contribution in [0.25, 0.3) is 11.0 Å². The molecule has 1 amide bonds. The van der Waals surface area contributed by atoms with Gasteiger partial charge in [-0.1, -0.05) is 12.8 Å². The average Bonchev–Trinajstić information content (AvgIpc) is 2.70. The van der Waals surface area contributed by atoms with Gasteiger partial charge in [-0.05, 0) is 70.2 Å². The van der Waals surface area contributed by atoms with Crippen LogP contribution in [0, 0.1) is 26.7 Å². The molecule has 0 spiro atoms. The molecule has 162 valence electrons. The van der Waals surface area contributed by atoms with Gasteiger partial charge in [-0.3, -0.25) is 4.79 Å². The maximum Gasteiger partial charge on any atom is 0.339 e. The largest absolute Gasteiger partial charge is 0.480 e. The van der Waals surface area contributed by atoms with Crippen LogP contribution in [0.4, 0.5) is 0 Å². The number of hydrogen-bond donors (Lipinski definition) is 1. The van der Waals surface area contributed by atoms with Crippen LogP contribution in [-0.2, 0) is 4.79 Å². The van der Waals surface area contributed by atoms with E-state index < -0.39 is 11.7 Å². The van der Waals surface area contributed by atoms with Crippen LogP contribution < -0.4 is 10.4 Å². The summed E-state index contributed by atoms with van der Waals surface area (Å²) in [5.74, 6) is 0.639. The van der Waals surface area contributed by atoms with Crippen molar-refractivity contribution >= 4 is 16.9 Å². The van der Waals surface area contributed by atoms with E-state index >= 15 is 0 Å². The topological polar surface area (TPSA) is 80.0 Å². The molecule has 2 aromatic rings. The summed E-state index contributed by atoms with van der Waals surface area (Å²) < 4.78 is 11.6. The van der Waals surface area contributed by atoms with Gasteiger partial charge in [-0.15, -0.1) is 0 Å². The highest BCUT2D eigenvalue weighted by atomic mass is 16.5. The molecule has 0 bridgehead atoms. The molecule has 1 N–H and O–H groups in total. The number of likely N-dealkylation sites (tertiary alicyclic amines) is 1. The Morgan fingerprint density at radius 1 is 1.23 bits per heavy atom. The van der Waals surface area contributed by atoms with Crippen LogP contribution in [-0.4, -0.2) is 40.7 Å². The Hall–Kier alpha value is -2.34. The van der Waals surface area contributed by atoms with Crippen molar-refractivity contribution in [3.8, 4) is 5.75 Å². The first-order valence-corrected chi connectivity index (χ1v) is 10.9. The van der Waals surface area contributed by atoms with Gasteiger partial charge >= 0.3 is 5.63 Å². The van der Waals surface area contributed by atoms with Crippen LogP contribution in [0.2, 0.25) is 0 Å². The standard InChI is InChI=1S/C24H31NO5/c1-14-11-19(21-15(2)16(3)23(27)30-20(21)12-14)29-17(4)22(26)25-10-9-24(28)8-6-5-7-18(24)13-25/h11-12,17-18,28H,5-10,13H2,1-4H3/t17-,18+,24+/m0/s1. The summed E-state index contributed by atoms with van der Waals surface area (Å²) >= 11 is 0. The highest BCUT2D eigenvalue weighted by molar-refractivity contribution is 5.89. The van der Waals surface area contributed by atoms with Crippen molar-refractivity contribution < 1.29 is 19.1 Å². The second-order valence-electron chi connectivity index (χ2n) is 9.12. The molecule has 1 saturated carbocycles. The number of rotatable bonds is 3. The van der Waals surface area contributed by atoms with Gasteiger partial charge < -0.3 is 19.2 Å². The molecule has 6 heteroatoms. The molecular weight excluding hydrogens is 382 g/mol. The molecule has 30 heavy (non-hydrogen) atoms. The third-order valence-electron chi connectivity index (χ3n) is 7.05. The molecule has 0 unspecified atom stereocenters. The van der Waals surface area contributed by atoms with E-state index in [4.69, 9.17) is 9.15 Å². The average molecular weight is 414 g/mol. The van der Waals surface area contributed by atoms with Crippen molar-refractivity contribution in [2.45, 2.75) is 71.5 Å². The summed E-state index contributed by atoms with van der Waals surface area (Å²) in [7, 11) is 0. The van der Waals surface area contributed by atoms with Crippen molar-refractivity contribution in [3.63, 3.8) is 0 Å². The highest BCUT2D eigenvalue weighted by Crippen LogP contribution is 2.40. The van der Waals surface area contributed by atoms with E-state index in [9.17, 15) is 14.7 Å². The molecule has 1 aliphatic carbocycles. The zero-order valence-corrected chi connectivity index (χ0v) is 18.3. The number of benzene rings is 1. The third-order valence-corrected chi connectivity index (χ3v) is 7.05. The van der Waals surface area contributed by atoms with E-state index in [-0.39, 0.29) is 17.5 Å². The molecule has 6 nitrogen and oxygen atoms in total. The highest BCUT2D eigenvalue weighted by Gasteiger charge is 2.44. The third kappa shape index (κ3) is 3.62. The van der Waals surface area contributed by atoms with Gasteiger partial charge in [0.05, 0.1) is 11.0 Å². The lowest BCUT2D eigenvalue weighted by Gasteiger charge is -2.47. The molecule has 2 heterocycles. The van der Waals surface area contributed by atoms with Crippen LogP contribution in [0.15, 0.2) is 21.3 Å². The van der Waals surface area contributed by atoms with Crippen LogP contribution in [0.3, 0.4) is 0 Å². The first kappa shape index (κ1) is 20.9. The van der Waals surface area contributed by atoms with Crippen LogP contribution in [0.1, 0.15) is 55.7 Å². The Morgan fingerprint density at radius 3 is 2.77 bits per heavy atom. The number of amides is 1. The van der Waals surface area contributed by atoms with E-state index in [1.807, 2.05) is 30.9 Å². The lowest BCUT2D eigenvalue weighted by Crippen LogP contribution is -2.56. The quantitative estimate of drug-likeness (QED) is 0.777. The van der Waals surface area contributed by atoms with Gasteiger partial charge in [-0.2, -0.15) is 0 Å². The maximum atomic E-state index is 13.2. The molecule has 0 radical (unpaired) electrons. The fraction of sp³-hybridized carbons (Fsp3) is 0.583. The second kappa shape index (κ2) is 7.73. The van der Waals surface area contributed by atoms with Gasteiger partial charge in [0.1, 0.15) is 11.3 Å². The predicted molar refractivity (Wildman–Crippen MR) is 115 cm³/mol. The zero-order chi connectivity index (χ0) is 21.6. The van der Waals surface area contributed by atoms with Crippen molar-refractivity contribution in [2.75, 3.05) is 13.1 Å². The number of fused-ring (bicyclic) bond motifs is 2. The Kier molecular flexibility index (Phi) is 5.39. The zero-order valence-electron chi connectivity index (χ0n) is 18.3. The summed E-state index contributed by atoms with van der Waals surface area (Å²) in [5.41, 5.74) is 1.76. The van der Waals surface area contributed by atoms with E-state index in [2.05, 4.69) is 0 Å². The minimum Gasteiger partial charge on any atom is -0.480 e. The van der Waals surface area contributed by atoms with Gasteiger partial charge in [0.15, 0.2) is 6.10 Å². The molecule has 1 saturated heterocycles. The number of aryl methyl sites for hydroxylation is 2. The number of aliphatic hydroxyl groups is 1. The van der Waals surface area contributed by atoms with Crippen molar-refractivity contribution in [1.82, 2.24) is 4.90 Å². The maximum absolute atomic E-state index is 13.2. The van der Waals surface area contributed by atoms with E-state index in [1.54, 1.807) is 13.8 Å². The summed E-state index contributed by atoms with van der Waals surface area (Å²) in [4.78, 5) is 27.1. The molecule has 1 aromatic heterocycles. The van der Waals surface area contributed by atoms with Crippen LogP contribution in [0.5, 0.6) is 5.75 Å². The number of carbonyl (C=O) groups is 1. The summed E-state index contributed by atoms with van der Waals surface area (Å²) in [5, 5.41) is 11.6. The monoisotopic (exact) mass is 413 g/mol. The Bertz CT molecular complexity index is 1040. The molecule has 2 fully saturated rings. The molecule has 2 aliphatic rings. The number of hydrogen-bond acceptors (Lipinski definition) is 5. The Morgan fingerprint density at radius 2 is 2.00 bits per heavy atom. The lowest BCUT2D eigenvalue weighted by molar-refractivity contribution is -0.149. The molecule has 3 atom stereocenters. The molecule has 1 aliphatic heterocycles. The van der Waals surface area contributed by atoms with Crippen LogP contribution >= 0.6 is 0 Å². The van der Waals surface area contributed by atoms with Crippen molar-refractivity contribution in [2.24, 2.45) is 5.92 Å². The van der Waals surface area contributed by atoms with Gasteiger partial charge in [-0.25, -0.2) is 4.79 Å². The van der Waals surface area contributed by atoms with Crippen molar-refractivity contribution in [1.29, 1.82) is 0 Å². The van der Waals surface area contributed by atoms with E-state index in [0.717, 1.165) is 42.2 Å². The van der Waals surface area contributed by atoms with E-state index in [0.29, 0.717) is 36.4 Å².